The van der Waals surface area contributed by atoms with Crippen LogP contribution in [-0.4, -0.2) is 37.5 Å². The number of amides is 2. The molecular formula is C9H18N2O4. The van der Waals surface area contributed by atoms with Gasteiger partial charge in [-0.15, -0.1) is 0 Å². The average molecular weight is 218 g/mol. The van der Waals surface area contributed by atoms with Crippen molar-refractivity contribution in [2.75, 3.05) is 20.2 Å². The molecule has 88 valence electrons. The first kappa shape index (κ1) is 13.5. The molecule has 0 saturated heterocycles. The maximum Gasteiger partial charge on any atom is 0.406 e. The molecule has 0 aromatic rings. The second-order valence-electron chi connectivity index (χ2n) is 3.06. The summed E-state index contributed by atoms with van der Waals surface area (Å²) in [6, 6.07) is 0. The SMILES string of the molecule is COC(=O)NCCCCCCNC(=O)O. The van der Waals surface area contributed by atoms with Crippen molar-refractivity contribution >= 4 is 12.2 Å². The van der Waals surface area contributed by atoms with Crippen LogP contribution in [0.4, 0.5) is 9.59 Å². The van der Waals surface area contributed by atoms with Crippen molar-refractivity contribution < 1.29 is 19.4 Å². The molecule has 6 heteroatoms. The summed E-state index contributed by atoms with van der Waals surface area (Å²) in [5.41, 5.74) is 0. The second-order valence-corrected chi connectivity index (χ2v) is 3.06. The Labute approximate surface area is 89.0 Å². The number of alkyl carbamates (subject to hydrolysis) is 1. The molecule has 0 bridgehead atoms. The van der Waals surface area contributed by atoms with Gasteiger partial charge in [-0.25, -0.2) is 9.59 Å². The van der Waals surface area contributed by atoms with Gasteiger partial charge in [0.15, 0.2) is 0 Å². The van der Waals surface area contributed by atoms with Gasteiger partial charge >= 0.3 is 12.2 Å². The van der Waals surface area contributed by atoms with E-state index in [9.17, 15) is 9.59 Å². The Morgan fingerprint density at radius 1 is 1.07 bits per heavy atom. The van der Waals surface area contributed by atoms with E-state index >= 15 is 0 Å². The lowest BCUT2D eigenvalue weighted by Gasteiger charge is -2.03. The second kappa shape index (κ2) is 9.11. The van der Waals surface area contributed by atoms with Crippen LogP contribution >= 0.6 is 0 Å². The predicted octanol–water partition coefficient (Wildman–Crippen LogP) is 1.17. The van der Waals surface area contributed by atoms with Gasteiger partial charge in [-0.1, -0.05) is 12.8 Å². The summed E-state index contributed by atoms with van der Waals surface area (Å²) in [7, 11) is 1.33. The highest BCUT2D eigenvalue weighted by Crippen LogP contribution is 1.97. The number of carbonyl (C=O) groups excluding carboxylic acids is 1. The largest absolute Gasteiger partial charge is 0.465 e. The van der Waals surface area contributed by atoms with Crippen LogP contribution < -0.4 is 10.6 Å². The zero-order chi connectivity index (χ0) is 11.5. The minimum atomic E-state index is -0.984. The molecule has 0 rings (SSSR count). The molecule has 0 unspecified atom stereocenters. The Balaban J connectivity index is 3.05. The monoisotopic (exact) mass is 218 g/mol. The van der Waals surface area contributed by atoms with E-state index in [1.165, 1.54) is 7.11 Å². The Morgan fingerprint density at radius 2 is 1.60 bits per heavy atom. The normalized spacial score (nSPS) is 9.40. The van der Waals surface area contributed by atoms with Gasteiger partial charge in [0.25, 0.3) is 0 Å². The molecule has 0 heterocycles. The third-order valence-electron chi connectivity index (χ3n) is 1.83. The molecule has 0 spiro atoms. The van der Waals surface area contributed by atoms with Gasteiger partial charge in [-0.3, -0.25) is 0 Å². The minimum Gasteiger partial charge on any atom is -0.465 e. The molecule has 0 aliphatic rings. The first-order valence-electron chi connectivity index (χ1n) is 4.95. The lowest BCUT2D eigenvalue weighted by molar-refractivity contribution is 0.170. The Hall–Kier alpha value is -1.46. The van der Waals surface area contributed by atoms with E-state index in [4.69, 9.17) is 5.11 Å². The summed E-state index contributed by atoms with van der Waals surface area (Å²) < 4.78 is 4.40. The quantitative estimate of drug-likeness (QED) is 0.560. The van der Waals surface area contributed by atoms with E-state index in [0.29, 0.717) is 13.1 Å². The van der Waals surface area contributed by atoms with Crippen molar-refractivity contribution in [1.82, 2.24) is 10.6 Å². The molecule has 0 aliphatic heterocycles. The summed E-state index contributed by atoms with van der Waals surface area (Å²) >= 11 is 0. The molecule has 0 saturated carbocycles. The van der Waals surface area contributed by atoms with Gasteiger partial charge < -0.3 is 20.5 Å². The van der Waals surface area contributed by atoms with E-state index in [1.807, 2.05) is 0 Å². The van der Waals surface area contributed by atoms with Crippen LogP contribution in [0.1, 0.15) is 25.7 Å². The van der Waals surface area contributed by atoms with Crippen molar-refractivity contribution in [3.63, 3.8) is 0 Å². The first-order chi connectivity index (χ1) is 7.16. The van der Waals surface area contributed by atoms with Crippen molar-refractivity contribution in [2.24, 2.45) is 0 Å². The number of carbonyl (C=O) groups is 2. The van der Waals surface area contributed by atoms with Gasteiger partial charge in [0.2, 0.25) is 0 Å². The number of hydrogen-bond donors (Lipinski definition) is 3. The smallest absolute Gasteiger partial charge is 0.406 e. The molecule has 0 aliphatic carbocycles. The van der Waals surface area contributed by atoms with Crippen LogP contribution in [0.15, 0.2) is 0 Å². The van der Waals surface area contributed by atoms with Gasteiger partial charge in [-0.2, -0.15) is 0 Å². The number of carboxylic acid groups (broad SMARTS) is 1. The Morgan fingerprint density at radius 3 is 2.07 bits per heavy atom. The molecular weight excluding hydrogens is 200 g/mol. The van der Waals surface area contributed by atoms with Gasteiger partial charge in [0.05, 0.1) is 7.11 Å². The maximum atomic E-state index is 10.6. The standard InChI is InChI=1S/C9H18N2O4/c1-15-9(14)11-7-5-3-2-4-6-10-8(12)13/h10H,2-7H2,1H3,(H,11,14)(H,12,13). The highest BCUT2D eigenvalue weighted by molar-refractivity contribution is 5.66. The van der Waals surface area contributed by atoms with E-state index in [-0.39, 0.29) is 0 Å². The Kier molecular flexibility index (Phi) is 8.22. The van der Waals surface area contributed by atoms with Crippen LogP contribution in [0.2, 0.25) is 0 Å². The number of ether oxygens (including phenoxy) is 1. The summed E-state index contributed by atoms with van der Waals surface area (Å²) in [6.45, 7) is 1.08. The summed E-state index contributed by atoms with van der Waals surface area (Å²) in [5, 5.41) is 13.1. The molecule has 6 nitrogen and oxygen atoms in total. The van der Waals surface area contributed by atoms with Gasteiger partial charge in [0, 0.05) is 13.1 Å². The molecule has 0 atom stereocenters. The van der Waals surface area contributed by atoms with E-state index in [1.54, 1.807) is 0 Å². The van der Waals surface area contributed by atoms with Crippen LogP contribution in [-0.2, 0) is 4.74 Å². The summed E-state index contributed by atoms with van der Waals surface area (Å²) in [5.74, 6) is 0. The van der Waals surface area contributed by atoms with Crippen LogP contribution in [0.5, 0.6) is 0 Å². The lowest BCUT2D eigenvalue weighted by Crippen LogP contribution is -2.24. The number of hydrogen-bond acceptors (Lipinski definition) is 3. The van der Waals surface area contributed by atoms with Crippen molar-refractivity contribution in [1.29, 1.82) is 0 Å². The third-order valence-corrected chi connectivity index (χ3v) is 1.83. The molecule has 0 fully saturated rings. The van der Waals surface area contributed by atoms with E-state index < -0.39 is 12.2 Å². The fraction of sp³-hybridized carbons (Fsp3) is 0.778. The highest BCUT2D eigenvalue weighted by Gasteiger charge is 1.97. The third kappa shape index (κ3) is 10.5. The minimum absolute atomic E-state index is 0.414. The molecule has 3 N–H and O–H groups in total. The van der Waals surface area contributed by atoms with E-state index in [0.717, 1.165) is 25.7 Å². The van der Waals surface area contributed by atoms with Crippen LogP contribution in [0, 0.1) is 0 Å². The molecule has 15 heavy (non-hydrogen) atoms. The zero-order valence-electron chi connectivity index (χ0n) is 8.91. The number of methoxy groups -OCH3 is 1. The first-order valence-corrected chi connectivity index (χ1v) is 4.95. The van der Waals surface area contributed by atoms with Crippen molar-refractivity contribution in [3.8, 4) is 0 Å². The van der Waals surface area contributed by atoms with Crippen LogP contribution in [0.3, 0.4) is 0 Å². The average Bonchev–Trinajstić information content (AvgIpc) is 2.21. The number of rotatable bonds is 7. The van der Waals surface area contributed by atoms with Crippen LogP contribution in [0.25, 0.3) is 0 Å². The van der Waals surface area contributed by atoms with E-state index in [2.05, 4.69) is 15.4 Å². The molecule has 0 aromatic carbocycles. The number of nitrogens with one attached hydrogen (secondary N) is 2. The predicted molar refractivity (Wildman–Crippen MR) is 54.9 cm³/mol. The Bertz CT molecular complexity index is 197. The fourth-order valence-corrected chi connectivity index (χ4v) is 1.06. The fourth-order valence-electron chi connectivity index (χ4n) is 1.06. The molecule has 0 radical (unpaired) electrons. The summed E-state index contributed by atoms with van der Waals surface area (Å²) in [6.07, 6.45) is 2.21. The van der Waals surface area contributed by atoms with Gasteiger partial charge in [0.1, 0.15) is 0 Å². The van der Waals surface area contributed by atoms with Crippen molar-refractivity contribution in [2.45, 2.75) is 25.7 Å². The summed E-state index contributed by atoms with van der Waals surface area (Å²) in [4.78, 5) is 20.7. The molecule has 0 aromatic heterocycles. The topological polar surface area (TPSA) is 87.7 Å². The molecule has 2 amide bonds. The zero-order valence-corrected chi connectivity index (χ0v) is 8.91. The van der Waals surface area contributed by atoms with Gasteiger partial charge in [-0.05, 0) is 12.8 Å². The highest BCUT2D eigenvalue weighted by atomic mass is 16.5. The van der Waals surface area contributed by atoms with Crippen molar-refractivity contribution in [3.05, 3.63) is 0 Å². The lowest BCUT2D eigenvalue weighted by atomic mass is 10.2. The maximum absolute atomic E-state index is 10.6. The number of unbranched alkanes of at least 4 members (excludes halogenated alkanes) is 3.